The molecule has 1 fully saturated rings. The van der Waals surface area contributed by atoms with E-state index in [4.69, 9.17) is 14.6 Å². The third-order valence-electron chi connectivity index (χ3n) is 7.28. The first kappa shape index (κ1) is 24.6. The van der Waals surface area contributed by atoms with Crippen molar-refractivity contribution < 1.29 is 24.2 Å². The van der Waals surface area contributed by atoms with Crippen LogP contribution in [0.15, 0.2) is 16.9 Å². The van der Waals surface area contributed by atoms with Gasteiger partial charge < -0.3 is 29.8 Å². The minimum absolute atomic E-state index is 0.0623. The maximum Gasteiger partial charge on any atom is 0.404 e. The smallest absolute Gasteiger partial charge is 0.404 e. The number of hydrogen-bond acceptors (Lipinski definition) is 5. The summed E-state index contributed by atoms with van der Waals surface area (Å²) in [5, 5.41) is 11.6. The Labute approximate surface area is 204 Å². The molecule has 0 saturated heterocycles. The molecule has 1 atom stereocenters. The normalized spacial score (nSPS) is 23.1. The lowest BCUT2D eigenvalue weighted by Crippen LogP contribution is -2.47. The number of carbonyl (C=O) groups excluding carboxylic acids is 1. The van der Waals surface area contributed by atoms with Gasteiger partial charge in [0.25, 0.3) is 17.3 Å². The van der Waals surface area contributed by atoms with Crippen LogP contribution in [0.5, 0.6) is 11.5 Å². The number of pyridine rings is 1. The third-order valence-corrected chi connectivity index (χ3v) is 7.28. The van der Waals surface area contributed by atoms with Gasteiger partial charge in [-0.3, -0.25) is 9.59 Å². The fourth-order valence-electron chi connectivity index (χ4n) is 5.41. The standard InChI is InChI=1S/C26H33N3O6/c1-13-11-15(3)27-23(30)20(13)29(6)24(31)19-12-14(2)21-22(16(19)4)35-26(5,34-21)17-7-9-18(10-8-17)28-25(32)33/h11-12,17-18,28H,7-10H2,1-6H3,(H,27,30)(H,32,33)/t17-,18-,26?. The number of rotatable bonds is 4. The predicted molar refractivity (Wildman–Crippen MR) is 132 cm³/mol. The predicted octanol–water partition coefficient (Wildman–Crippen LogP) is 4.20. The SMILES string of the molecule is Cc1cc(C)c(N(C)C(=O)c2cc(C)c3c(c2C)OC(C)([C@H]2CC[C@H](NC(=O)O)CC2)O3)c(=O)[nH]1. The van der Waals surface area contributed by atoms with Crippen molar-refractivity contribution in [2.75, 3.05) is 11.9 Å². The van der Waals surface area contributed by atoms with E-state index in [9.17, 15) is 14.4 Å². The second kappa shape index (κ2) is 8.94. The van der Waals surface area contributed by atoms with Crippen LogP contribution in [0.2, 0.25) is 0 Å². The Morgan fingerprint density at radius 2 is 1.69 bits per heavy atom. The molecule has 2 heterocycles. The van der Waals surface area contributed by atoms with E-state index >= 15 is 0 Å². The molecule has 188 valence electrons. The van der Waals surface area contributed by atoms with Crippen LogP contribution < -0.4 is 25.2 Å². The van der Waals surface area contributed by atoms with E-state index in [1.54, 1.807) is 20.0 Å². The first-order valence-electron chi connectivity index (χ1n) is 11.9. The van der Waals surface area contributed by atoms with Crippen molar-refractivity contribution in [3.05, 3.63) is 50.4 Å². The zero-order valence-corrected chi connectivity index (χ0v) is 21.1. The number of fused-ring (bicyclic) bond motifs is 1. The van der Waals surface area contributed by atoms with Crippen molar-refractivity contribution in [2.45, 2.75) is 72.1 Å². The fraction of sp³-hybridized carbons (Fsp3) is 0.500. The molecule has 2 aromatic rings. The van der Waals surface area contributed by atoms with Gasteiger partial charge in [-0.05, 0) is 76.6 Å². The monoisotopic (exact) mass is 483 g/mol. The molecular formula is C26H33N3O6. The van der Waals surface area contributed by atoms with E-state index in [0.717, 1.165) is 29.7 Å². The lowest BCUT2D eigenvalue weighted by molar-refractivity contribution is -0.121. The fourth-order valence-corrected chi connectivity index (χ4v) is 5.41. The summed E-state index contributed by atoms with van der Waals surface area (Å²) < 4.78 is 12.8. The summed E-state index contributed by atoms with van der Waals surface area (Å²) in [7, 11) is 1.60. The Kier molecular flexibility index (Phi) is 6.29. The molecule has 1 aromatic carbocycles. The summed E-state index contributed by atoms with van der Waals surface area (Å²) in [6.07, 6.45) is 1.95. The summed E-state index contributed by atoms with van der Waals surface area (Å²) in [4.78, 5) is 41.2. The van der Waals surface area contributed by atoms with Crippen molar-refractivity contribution in [1.29, 1.82) is 0 Å². The number of amides is 2. The van der Waals surface area contributed by atoms with Crippen molar-refractivity contribution in [1.82, 2.24) is 10.3 Å². The highest BCUT2D eigenvalue weighted by Crippen LogP contribution is 2.50. The highest BCUT2D eigenvalue weighted by molar-refractivity contribution is 6.07. The van der Waals surface area contributed by atoms with Crippen LogP contribution in [-0.4, -0.2) is 41.0 Å². The van der Waals surface area contributed by atoms with Crippen LogP contribution in [0.1, 0.15) is 65.3 Å². The van der Waals surface area contributed by atoms with Crippen molar-refractivity contribution in [3.8, 4) is 11.5 Å². The average Bonchev–Trinajstić information content (AvgIpc) is 3.15. The molecule has 0 radical (unpaired) electrons. The molecular weight excluding hydrogens is 450 g/mol. The van der Waals surface area contributed by atoms with Gasteiger partial charge in [-0.25, -0.2) is 4.79 Å². The molecule has 1 saturated carbocycles. The van der Waals surface area contributed by atoms with Gasteiger partial charge in [-0.1, -0.05) is 0 Å². The highest BCUT2D eigenvalue weighted by atomic mass is 16.7. The maximum atomic E-state index is 13.5. The largest absolute Gasteiger partial charge is 0.465 e. The van der Waals surface area contributed by atoms with E-state index in [1.807, 2.05) is 33.8 Å². The summed E-state index contributed by atoms with van der Waals surface area (Å²) in [5.41, 5.74) is 3.35. The van der Waals surface area contributed by atoms with Gasteiger partial charge in [0.2, 0.25) is 0 Å². The number of nitrogens with zero attached hydrogens (tertiary/aromatic N) is 1. The topological polar surface area (TPSA) is 121 Å². The Balaban J connectivity index is 1.59. The molecule has 9 nitrogen and oxygen atoms in total. The number of carbonyl (C=O) groups is 2. The van der Waals surface area contributed by atoms with Crippen molar-refractivity contribution in [2.24, 2.45) is 5.92 Å². The lowest BCUT2D eigenvalue weighted by atomic mass is 9.81. The molecule has 0 spiro atoms. The van der Waals surface area contributed by atoms with Crippen LogP contribution in [0.25, 0.3) is 0 Å². The number of benzene rings is 1. The first-order valence-corrected chi connectivity index (χ1v) is 11.9. The van der Waals surface area contributed by atoms with Crippen LogP contribution in [0.3, 0.4) is 0 Å². The molecule has 3 N–H and O–H groups in total. The van der Waals surface area contributed by atoms with Gasteiger partial charge >= 0.3 is 6.09 Å². The quantitative estimate of drug-likeness (QED) is 0.599. The minimum atomic E-state index is -1.00. The lowest BCUT2D eigenvalue weighted by Gasteiger charge is -2.37. The minimum Gasteiger partial charge on any atom is -0.465 e. The van der Waals surface area contributed by atoms with Crippen LogP contribution in [0.4, 0.5) is 10.5 Å². The summed E-state index contributed by atoms with van der Waals surface area (Å²) in [6.45, 7) is 9.23. The Morgan fingerprint density at radius 3 is 2.29 bits per heavy atom. The van der Waals surface area contributed by atoms with E-state index in [0.29, 0.717) is 41.2 Å². The van der Waals surface area contributed by atoms with E-state index in [-0.39, 0.29) is 23.4 Å². The maximum absolute atomic E-state index is 13.5. The van der Waals surface area contributed by atoms with Crippen molar-refractivity contribution >= 4 is 17.7 Å². The highest BCUT2D eigenvalue weighted by Gasteiger charge is 2.47. The average molecular weight is 484 g/mol. The zero-order valence-electron chi connectivity index (χ0n) is 21.1. The number of nitrogens with one attached hydrogen (secondary N) is 2. The van der Waals surface area contributed by atoms with Gasteiger partial charge in [0.1, 0.15) is 5.69 Å². The number of aromatic nitrogens is 1. The molecule has 1 aliphatic carbocycles. The number of carboxylic acid groups (broad SMARTS) is 1. The van der Waals surface area contributed by atoms with E-state index in [2.05, 4.69) is 10.3 Å². The molecule has 4 rings (SSSR count). The molecule has 9 heteroatoms. The molecule has 1 unspecified atom stereocenters. The first-order chi connectivity index (χ1) is 16.4. The van der Waals surface area contributed by atoms with Gasteiger partial charge in [-0.15, -0.1) is 0 Å². The number of aromatic amines is 1. The summed E-state index contributed by atoms with van der Waals surface area (Å²) >= 11 is 0. The molecule has 2 amide bonds. The van der Waals surface area contributed by atoms with Crippen molar-refractivity contribution in [3.63, 3.8) is 0 Å². The molecule has 2 aliphatic rings. The Hall–Kier alpha value is -3.49. The molecule has 35 heavy (non-hydrogen) atoms. The van der Waals surface area contributed by atoms with Crippen LogP contribution in [0, 0.1) is 33.6 Å². The Bertz CT molecular complexity index is 1240. The van der Waals surface area contributed by atoms with Gasteiger partial charge in [0.05, 0.1) is 0 Å². The zero-order chi connectivity index (χ0) is 25.7. The molecule has 1 aromatic heterocycles. The molecule has 0 bridgehead atoms. The van der Waals surface area contributed by atoms with Gasteiger partial charge in [0, 0.05) is 42.8 Å². The number of ether oxygens (including phenoxy) is 2. The van der Waals surface area contributed by atoms with Crippen LogP contribution in [-0.2, 0) is 0 Å². The number of anilines is 1. The van der Waals surface area contributed by atoms with Gasteiger partial charge in [-0.2, -0.15) is 0 Å². The summed E-state index contributed by atoms with van der Waals surface area (Å²) in [5.74, 6) is 0.0491. The van der Waals surface area contributed by atoms with Crippen LogP contribution >= 0.6 is 0 Å². The van der Waals surface area contributed by atoms with E-state index < -0.39 is 11.9 Å². The van der Waals surface area contributed by atoms with Gasteiger partial charge in [0.15, 0.2) is 11.5 Å². The second-order valence-corrected chi connectivity index (χ2v) is 9.92. The number of H-pyrrole nitrogens is 1. The number of aryl methyl sites for hydroxylation is 3. The Morgan fingerprint density at radius 1 is 1.06 bits per heavy atom. The third kappa shape index (κ3) is 4.47. The molecule has 1 aliphatic heterocycles. The summed E-state index contributed by atoms with van der Waals surface area (Å²) in [6, 6.07) is 3.56. The van der Waals surface area contributed by atoms with E-state index in [1.165, 1.54) is 4.90 Å². The number of hydrogen-bond donors (Lipinski definition) is 3. The second-order valence-electron chi connectivity index (χ2n) is 9.92.